The lowest BCUT2D eigenvalue weighted by Gasteiger charge is -2.15. The van der Waals surface area contributed by atoms with E-state index in [0.717, 1.165) is 6.54 Å². The molecule has 0 fully saturated rings. The summed E-state index contributed by atoms with van der Waals surface area (Å²) >= 11 is 0. The minimum atomic E-state index is 0.0722. The lowest BCUT2D eigenvalue weighted by atomic mass is 10.2. The highest BCUT2D eigenvalue weighted by molar-refractivity contribution is 5.76. The Bertz CT molecular complexity index is 146. The number of amides is 1. The summed E-state index contributed by atoms with van der Waals surface area (Å²) in [6.07, 6.45) is 0.516. The second-order valence-electron chi connectivity index (χ2n) is 3.59. The maximum absolute atomic E-state index is 11.4. The zero-order valence-corrected chi connectivity index (χ0v) is 9.59. The van der Waals surface area contributed by atoms with Gasteiger partial charge in [0.2, 0.25) is 5.91 Å². The summed E-state index contributed by atoms with van der Waals surface area (Å²) in [7, 11) is 1.63. The lowest BCUT2D eigenvalue weighted by molar-refractivity contribution is -0.122. The molecule has 14 heavy (non-hydrogen) atoms. The van der Waals surface area contributed by atoms with Gasteiger partial charge in [-0.15, -0.1) is 0 Å². The van der Waals surface area contributed by atoms with Crippen molar-refractivity contribution >= 4 is 5.91 Å². The van der Waals surface area contributed by atoms with Crippen molar-refractivity contribution in [3.63, 3.8) is 0 Å². The van der Waals surface area contributed by atoms with Crippen molar-refractivity contribution in [2.75, 3.05) is 20.3 Å². The van der Waals surface area contributed by atoms with Crippen LogP contribution in [-0.4, -0.2) is 38.3 Å². The molecule has 0 aliphatic rings. The first-order valence-electron chi connectivity index (χ1n) is 5.11. The lowest BCUT2D eigenvalue weighted by Crippen LogP contribution is -2.39. The van der Waals surface area contributed by atoms with Crippen molar-refractivity contribution in [1.82, 2.24) is 10.6 Å². The highest BCUT2D eigenvalue weighted by Gasteiger charge is 2.10. The minimum absolute atomic E-state index is 0.0722. The highest BCUT2D eigenvalue weighted by atomic mass is 16.5. The third-order valence-corrected chi connectivity index (χ3v) is 1.87. The number of ether oxygens (including phenoxy) is 1. The molecule has 0 bridgehead atoms. The summed E-state index contributed by atoms with van der Waals surface area (Å²) in [6.45, 7) is 7.41. The largest absolute Gasteiger partial charge is 0.383 e. The van der Waals surface area contributed by atoms with Crippen molar-refractivity contribution in [3.05, 3.63) is 0 Å². The van der Waals surface area contributed by atoms with E-state index in [1.165, 1.54) is 0 Å². The zero-order chi connectivity index (χ0) is 11.0. The van der Waals surface area contributed by atoms with Crippen molar-refractivity contribution in [2.45, 2.75) is 39.3 Å². The maximum Gasteiger partial charge on any atom is 0.221 e. The summed E-state index contributed by atoms with van der Waals surface area (Å²) < 4.78 is 4.93. The van der Waals surface area contributed by atoms with Crippen LogP contribution >= 0.6 is 0 Å². The molecule has 0 saturated heterocycles. The highest BCUT2D eigenvalue weighted by Crippen LogP contribution is 1.92. The summed E-state index contributed by atoms with van der Waals surface area (Å²) in [4.78, 5) is 11.4. The van der Waals surface area contributed by atoms with Crippen LogP contribution in [0.5, 0.6) is 0 Å². The first-order chi connectivity index (χ1) is 6.60. The molecule has 0 spiro atoms. The van der Waals surface area contributed by atoms with Crippen LogP contribution in [0.4, 0.5) is 0 Å². The molecule has 0 aromatic carbocycles. The van der Waals surface area contributed by atoms with Crippen LogP contribution < -0.4 is 10.6 Å². The summed E-state index contributed by atoms with van der Waals surface area (Å²) in [6, 6.07) is 0.316. The van der Waals surface area contributed by atoms with Gasteiger partial charge in [0.1, 0.15) is 0 Å². The zero-order valence-electron chi connectivity index (χ0n) is 9.59. The summed E-state index contributed by atoms with van der Waals surface area (Å²) in [5, 5.41) is 6.06. The van der Waals surface area contributed by atoms with Gasteiger partial charge in [-0.05, 0) is 20.4 Å². The van der Waals surface area contributed by atoms with E-state index in [9.17, 15) is 4.79 Å². The van der Waals surface area contributed by atoms with Crippen LogP contribution in [0.15, 0.2) is 0 Å². The molecule has 2 atom stereocenters. The molecule has 0 aromatic heterocycles. The van der Waals surface area contributed by atoms with E-state index in [0.29, 0.717) is 13.0 Å². The van der Waals surface area contributed by atoms with E-state index in [2.05, 4.69) is 10.6 Å². The molecule has 0 saturated carbocycles. The number of methoxy groups -OCH3 is 1. The number of carbonyl (C=O) groups is 1. The molecule has 0 radical (unpaired) electrons. The Kier molecular flexibility index (Phi) is 7.42. The summed E-state index contributed by atoms with van der Waals surface area (Å²) in [5.74, 6) is 0.0722. The second-order valence-corrected chi connectivity index (χ2v) is 3.59. The topological polar surface area (TPSA) is 50.4 Å². The predicted octanol–water partition coefficient (Wildman–Crippen LogP) is 0.526. The number of nitrogens with one attached hydrogen (secondary N) is 2. The third kappa shape index (κ3) is 6.86. The fourth-order valence-electron chi connectivity index (χ4n) is 1.32. The van der Waals surface area contributed by atoms with Crippen molar-refractivity contribution in [2.24, 2.45) is 0 Å². The molecule has 0 rings (SSSR count). The maximum atomic E-state index is 11.4. The van der Waals surface area contributed by atoms with Gasteiger partial charge in [-0.1, -0.05) is 6.92 Å². The molecule has 4 heteroatoms. The number of carbonyl (C=O) groups excluding carboxylic acids is 1. The molecule has 0 aliphatic heterocycles. The molecule has 0 heterocycles. The Labute approximate surface area is 86.4 Å². The number of hydrogen-bond acceptors (Lipinski definition) is 3. The summed E-state index contributed by atoms with van der Waals surface area (Å²) in [5.41, 5.74) is 0. The van der Waals surface area contributed by atoms with Gasteiger partial charge in [-0.3, -0.25) is 4.79 Å². The van der Waals surface area contributed by atoms with Crippen molar-refractivity contribution in [1.29, 1.82) is 0 Å². The molecule has 2 unspecified atom stereocenters. The first-order valence-corrected chi connectivity index (χ1v) is 5.11. The van der Waals surface area contributed by atoms with Crippen LogP contribution in [-0.2, 0) is 9.53 Å². The van der Waals surface area contributed by atoms with Gasteiger partial charge < -0.3 is 15.4 Å². The third-order valence-electron chi connectivity index (χ3n) is 1.87. The van der Waals surface area contributed by atoms with Gasteiger partial charge in [-0.25, -0.2) is 0 Å². The molecule has 84 valence electrons. The van der Waals surface area contributed by atoms with Crippen LogP contribution in [0.3, 0.4) is 0 Å². The molecular weight excluding hydrogens is 180 g/mol. The van der Waals surface area contributed by atoms with Gasteiger partial charge in [0.25, 0.3) is 0 Å². The quantitative estimate of drug-likeness (QED) is 0.633. The van der Waals surface area contributed by atoms with Crippen molar-refractivity contribution < 1.29 is 9.53 Å². The van der Waals surface area contributed by atoms with Gasteiger partial charge >= 0.3 is 0 Å². The average molecular weight is 202 g/mol. The monoisotopic (exact) mass is 202 g/mol. The normalized spacial score (nSPS) is 14.9. The fraction of sp³-hybridized carbons (Fsp3) is 0.900. The van der Waals surface area contributed by atoms with E-state index < -0.39 is 0 Å². The Balaban J connectivity index is 3.63. The van der Waals surface area contributed by atoms with Crippen LogP contribution in [0.1, 0.15) is 27.2 Å². The van der Waals surface area contributed by atoms with Crippen molar-refractivity contribution in [3.8, 4) is 0 Å². The standard InChI is InChI=1S/C10H22N2O2/c1-5-11-8(2)6-10(13)12-9(3)7-14-4/h8-9,11H,5-7H2,1-4H3,(H,12,13). The van der Waals surface area contributed by atoms with Gasteiger partial charge in [0, 0.05) is 25.6 Å². The van der Waals surface area contributed by atoms with Crippen LogP contribution in [0.2, 0.25) is 0 Å². The molecular formula is C10H22N2O2. The van der Waals surface area contributed by atoms with Gasteiger partial charge in [-0.2, -0.15) is 0 Å². The average Bonchev–Trinajstić information content (AvgIpc) is 2.03. The fourth-order valence-corrected chi connectivity index (χ4v) is 1.32. The second kappa shape index (κ2) is 7.76. The van der Waals surface area contributed by atoms with Crippen LogP contribution in [0.25, 0.3) is 0 Å². The van der Waals surface area contributed by atoms with E-state index in [4.69, 9.17) is 4.74 Å². The molecule has 1 amide bonds. The molecule has 4 nitrogen and oxygen atoms in total. The minimum Gasteiger partial charge on any atom is -0.383 e. The van der Waals surface area contributed by atoms with E-state index >= 15 is 0 Å². The molecule has 2 N–H and O–H groups in total. The van der Waals surface area contributed by atoms with E-state index in [1.54, 1.807) is 7.11 Å². The Morgan fingerprint density at radius 3 is 2.50 bits per heavy atom. The Hall–Kier alpha value is -0.610. The molecule has 0 aromatic rings. The molecule has 0 aliphatic carbocycles. The SMILES string of the molecule is CCNC(C)CC(=O)NC(C)COC. The first kappa shape index (κ1) is 13.4. The number of hydrogen-bond donors (Lipinski definition) is 2. The van der Waals surface area contributed by atoms with Crippen LogP contribution in [0, 0.1) is 0 Å². The van der Waals surface area contributed by atoms with E-state index in [1.807, 2.05) is 20.8 Å². The van der Waals surface area contributed by atoms with Gasteiger partial charge in [0.15, 0.2) is 0 Å². The number of rotatable bonds is 7. The van der Waals surface area contributed by atoms with Gasteiger partial charge in [0.05, 0.1) is 6.61 Å². The Morgan fingerprint density at radius 2 is 2.00 bits per heavy atom. The predicted molar refractivity (Wildman–Crippen MR) is 57.2 cm³/mol. The smallest absolute Gasteiger partial charge is 0.221 e. The van der Waals surface area contributed by atoms with E-state index in [-0.39, 0.29) is 18.0 Å². The Morgan fingerprint density at radius 1 is 1.36 bits per heavy atom.